The van der Waals surface area contributed by atoms with E-state index >= 15 is 0 Å². The molecule has 10 nitrogen and oxygen atoms in total. The predicted octanol–water partition coefficient (Wildman–Crippen LogP) is 0.186. The molecule has 1 unspecified atom stereocenters. The molecule has 1 atom stereocenters. The summed E-state index contributed by atoms with van der Waals surface area (Å²) in [5.74, 6) is -1.44. The quantitative estimate of drug-likeness (QED) is 0.306. The van der Waals surface area contributed by atoms with E-state index in [-0.39, 0.29) is 54.7 Å². The summed E-state index contributed by atoms with van der Waals surface area (Å²) in [4.78, 5) is 60.4. The standard InChI is InChI=1S/C21H36N4O6S/c1-20(2,19(22)30)8-11-31-21(3,4)7-9-24-15(26)6-10-25-17(28)12-14(18(25)29)32-13-16(27)23-5/h14H,6-13H2,1-5H3,(H2,22,30)(H,23,27)(H,24,26). The van der Waals surface area contributed by atoms with Crippen molar-refractivity contribution in [3.63, 3.8) is 0 Å². The number of amides is 5. The number of thioether (sulfide) groups is 1. The lowest BCUT2D eigenvalue weighted by atomic mass is 9.89. The third kappa shape index (κ3) is 9.15. The van der Waals surface area contributed by atoms with Crippen LogP contribution in [0.15, 0.2) is 0 Å². The summed E-state index contributed by atoms with van der Waals surface area (Å²) in [6.07, 6.45) is 1.10. The molecule has 32 heavy (non-hydrogen) atoms. The van der Waals surface area contributed by atoms with Crippen LogP contribution < -0.4 is 16.4 Å². The van der Waals surface area contributed by atoms with Crippen LogP contribution in [0.2, 0.25) is 0 Å². The lowest BCUT2D eigenvalue weighted by Gasteiger charge is -2.28. The number of hydrogen-bond acceptors (Lipinski definition) is 7. The Bertz CT molecular complexity index is 725. The third-order valence-electron chi connectivity index (χ3n) is 5.40. The van der Waals surface area contributed by atoms with Crippen LogP contribution in [0.3, 0.4) is 0 Å². The highest BCUT2D eigenvalue weighted by molar-refractivity contribution is 8.01. The van der Waals surface area contributed by atoms with Gasteiger partial charge in [-0.25, -0.2) is 0 Å². The van der Waals surface area contributed by atoms with Gasteiger partial charge in [0.25, 0.3) is 0 Å². The van der Waals surface area contributed by atoms with Gasteiger partial charge in [-0.15, -0.1) is 11.8 Å². The molecule has 0 aromatic carbocycles. The van der Waals surface area contributed by atoms with Crippen molar-refractivity contribution in [1.82, 2.24) is 15.5 Å². The van der Waals surface area contributed by atoms with Gasteiger partial charge in [-0.2, -0.15) is 0 Å². The third-order valence-corrected chi connectivity index (χ3v) is 6.60. The predicted molar refractivity (Wildman–Crippen MR) is 122 cm³/mol. The Morgan fingerprint density at radius 1 is 1.16 bits per heavy atom. The number of hydrogen-bond donors (Lipinski definition) is 3. The Hall–Kier alpha value is -2.14. The number of nitrogens with zero attached hydrogens (tertiary/aromatic N) is 1. The summed E-state index contributed by atoms with van der Waals surface area (Å²) in [7, 11) is 1.51. The second kappa shape index (κ2) is 12.2. The maximum Gasteiger partial charge on any atom is 0.242 e. The zero-order valence-corrected chi connectivity index (χ0v) is 20.4. The molecule has 5 amide bonds. The minimum absolute atomic E-state index is 0.0123. The van der Waals surface area contributed by atoms with Crippen molar-refractivity contribution in [2.24, 2.45) is 11.1 Å². The number of imide groups is 1. The van der Waals surface area contributed by atoms with Crippen molar-refractivity contribution < 1.29 is 28.7 Å². The van der Waals surface area contributed by atoms with E-state index in [2.05, 4.69) is 10.6 Å². The van der Waals surface area contributed by atoms with Crippen molar-refractivity contribution in [1.29, 1.82) is 0 Å². The molecule has 0 bridgehead atoms. The number of carbonyl (C=O) groups is 5. The van der Waals surface area contributed by atoms with E-state index in [1.807, 2.05) is 13.8 Å². The number of nitrogens with one attached hydrogen (secondary N) is 2. The zero-order valence-electron chi connectivity index (χ0n) is 19.6. The number of likely N-dealkylation sites (tertiary alicyclic amines) is 1. The van der Waals surface area contributed by atoms with Gasteiger partial charge in [-0.05, 0) is 26.7 Å². The van der Waals surface area contributed by atoms with Crippen LogP contribution in [-0.4, -0.2) is 77.8 Å². The van der Waals surface area contributed by atoms with Crippen LogP contribution >= 0.6 is 11.8 Å². The molecular weight excluding hydrogens is 436 g/mol. The summed E-state index contributed by atoms with van der Waals surface area (Å²) in [6, 6.07) is 0. The monoisotopic (exact) mass is 472 g/mol. The first-order valence-electron chi connectivity index (χ1n) is 10.7. The molecule has 0 aliphatic carbocycles. The van der Waals surface area contributed by atoms with Crippen molar-refractivity contribution in [3.05, 3.63) is 0 Å². The van der Waals surface area contributed by atoms with Crippen molar-refractivity contribution in [2.45, 2.75) is 64.2 Å². The van der Waals surface area contributed by atoms with Crippen molar-refractivity contribution in [2.75, 3.05) is 32.5 Å². The summed E-state index contributed by atoms with van der Waals surface area (Å²) in [5, 5.41) is 4.66. The zero-order chi connectivity index (χ0) is 24.5. The van der Waals surface area contributed by atoms with Crippen LogP contribution in [0.5, 0.6) is 0 Å². The van der Waals surface area contributed by atoms with Crippen molar-refractivity contribution >= 4 is 41.3 Å². The smallest absolute Gasteiger partial charge is 0.242 e. The SMILES string of the molecule is CNC(=O)CSC1CC(=O)N(CCC(=O)NCCC(C)(C)OCCC(C)(C)C(N)=O)C1=O. The van der Waals surface area contributed by atoms with Crippen LogP contribution in [-0.2, 0) is 28.7 Å². The highest BCUT2D eigenvalue weighted by Crippen LogP contribution is 2.25. The molecule has 1 rings (SSSR count). The topological polar surface area (TPSA) is 148 Å². The summed E-state index contributed by atoms with van der Waals surface area (Å²) >= 11 is 1.13. The Morgan fingerprint density at radius 3 is 2.41 bits per heavy atom. The van der Waals surface area contributed by atoms with Gasteiger partial charge >= 0.3 is 0 Å². The Morgan fingerprint density at radius 2 is 1.81 bits per heavy atom. The Balaban J connectivity index is 2.33. The second-order valence-electron chi connectivity index (χ2n) is 9.02. The highest BCUT2D eigenvalue weighted by atomic mass is 32.2. The van der Waals surface area contributed by atoms with Gasteiger partial charge < -0.3 is 21.1 Å². The molecule has 1 heterocycles. The molecule has 1 aliphatic heterocycles. The molecule has 1 aliphatic rings. The average molecular weight is 473 g/mol. The van der Waals surface area contributed by atoms with Gasteiger partial charge in [0.2, 0.25) is 29.5 Å². The van der Waals surface area contributed by atoms with Crippen molar-refractivity contribution in [3.8, 4) is 0 Å². The van der Waals surface area contributed by atoms with Gasteiger partial charge in [-0.3, -0.25) is 28.9 Å². The fourth-order valence-electron chi connectivity index (χ4n) is 2.85. The minimum Gasteiger partial charge on any atom is -0.375 e. The molecule has 4 N–H and O–H groups in total. The maximum absolute atomic E-state index is 12.4. The molecular formula is C21H36N4O6S. The number of carbonyl (C=O) groups excluding carboxylic acids is 5. The van der Waals surface area contributed by atoms with E-state index in [1.54, 1.807) is 13.8 Å². The van der Waals surface area contributed by atoms with E-state index < -0.39 is 16.3 Å². The first kappa shape index (κ1) is 27.9. The van der Waals surface area contributed by atoms with Crippen LogP contribution in [0, 0.1) is 5.41 Å². The van der Waals surface area contributed by atoms with Crippen LogP contribution in [0.1, 0.15) is 53.4 Å². The Labute approximate surface area is 193 Å². The second-order valence-corrected chi connectivity index (χ2v) is 10.2. The van der Waals surface area contributed by atoms with Crippen LogP contribution in [0.4, 0.5) is 0 Å². The molecule has 0 spiro atoms. The average Bonchev–Trinajstić information content (AvgIpc) is 2.96. The molecule has 0 saturated carbocycles. The number of ether oxygens (including phenoxy) is 1. The van der Waals surface area contributed by atoms with E-state index in [0.29, 0.717) is 26.0 Å². The maximum atomic E-state index is 12.4. The lowest BCUT2D eigenvalue weighted by Crippen LogP contribution is -2.38. The Kier molecular flexibility index (Phi) is 10.6. The minimum atomic E-state index is -0.644. The number of nitrogens with two attached hydrogens (primary N) is 1. The molecule has 11 heteroatoms. The normalized spacial score (nSPS) is 16.9. The van der Waals surface area contributed by atoms with Gasteiger partial charge in [-0.1, -0.05) is 13.8 Å². The first-order valence-corrected chi connectivity index (χ1v) is 11.7. The summed E-state index contributed by atoms with van der Waals surface area (Å²) in [5.41, 5.74) is 4.21. The molecule has 0 radical (unpaired) electrons. The van der Waals surface area contributed by atoms with E-state index in [4.69, 9.17) is 10.5 Å². The molecule has 1 fully saturated rings. The largest absolute Gasteiger partial charge is 0.375 e. The van der Waals surface area contributed by atoms with E-state index in [0.717, 1.165) is 16.7 Å². The van der Waals surface area contributed by atoms with Gasteiger partial charge in [0, 0.05) is 45.0 Å². The van der Waals surface area contributed by atoms with Gasteiger partial charge in [0.05, 0.1) is 16.6 Å². The first-order chi connectivity index (χ1) is 14.8. The number of rotatable bonds is 14. The highest BCUT2D eigenvalue weighted by Gasteiger charge is 2.39. The molecule has 0 aromatic rings. The van der Waals surface area contributed by atoms with E-state index in [1.165, 1.54) is 7.05 Å². The fraction of sp³-hybridized carbons (Fsp3) is 0.762. The molecule has 0 aromatic heterocycles. The summed E-state index contributed by atoms with van der Waals surface area (Å²) in [6.45, 7) is 8.09. The van der Waals surface area contributed by atoms with Gasteiger partial charge in [0.1, 0.15) is 0 Å². The summed E-state index contributed by atoms with van der Waals surface area (Å²) < 4.78 is 5.84. The van der Waals surface area contributed by atoms with Gasteiger partial charge in [0.15, 0.2) is 0 Å². The van der Waals surface area contributed by atoms with E-state index in [9.17, 15) is 24.0 Å². The molecule has 182 valence electrons. The number of primary amides is 1. The van der Waals surface area contributed by atoms with Crippen LogP contribution in [0.25, 0.3) is 0 Å². The fourth-order valence-corrected chi connectivity index (χ4v) is 3.88. The lowest BCUT2D eigenvalue weighted by molar-refractivity contribution is -0.138. The molecule has 1 saturated heterocycles.